The van der Waals surface area contributed by atoms with Gasteiger partial charge in [0.15, 0.2) is 0 Å². The van der Waals surface area contributed by atoms with Crippen molar-refractivity contribution in [1.82, 2.24) is 4.90 Å². The summed E-state index contributed by atoms with van der Waals surface area (Å²) in [6.07, 6.45) is 0.936. The Morgan fingerprint density at radius 3 is 2.15 bits per heavy atom. The van der Waals surface area contributed by atoms with E-state index in [1.165, 1.54) is 5.56 Å². The van der Waals surface area contributed by atoms with E-state index in [9.17, 15) is 0 Å². The number of nitrogens with zero attached hydrogens (tertiary/aromatic N) is 1. The van der Waals surface area contributed by atoms with Gasteiger partial charge in [-0.1, -0.05) is 30.3 Å². The Kier molecular flexibility index (Phi) is 7.97. The van der Waals surface area contributed by atoms with Crippen molar-refractivity contribution in [2.75, 3.05) is 34.5 Å². The molecule has 0 saturated heterocycles. The van der Waals surface area contributed by atoms with E-state index < -0.39 is 8.80 Å². The second kappa shape index (κ2) is 9.22. The highest BCUT2D eigenvalue weighted by Gasteiger charge is 2.36. The first-order valence-electron chi connectivity index (χ1n) is 6.81. The quantitative estimate of drug-likeness (QED) is 0.526. The first kappa shape index (κ1) is 17.3. The summed E-state index contributed by atoms with van der Waals surface area (Å²) in [5, 5.41) is 0. The van der Waals surface area contributed by atoms with Crippen LogP contribution in [-0.2, 0) is 19.8 Å². The molecule has 0 fully saturated rings. The molecule has 0 aliphatic carbocycles. The Morgan fingerprint density at radius 1 is 1.05 bits per heavy atom. The molecule has 114 valence electrons. The summed E-state index contributed by atoms with van der Waals surface area (Å²) < 4.78 is 16.2. The monoisotopic (exact) mass is 298 g/mol. The average Bonchev–Trinajstić information content (AvgIpc) is 2.52. The van der Waals surface area contributed by atoms with E-state index in [2.05, 4.69) is 17.0 Å². The molecule has 0 radical (unpaired) electrons. The molecule has 1 aromatic rings. The third-order valence-electron chi connectivity index (χ3n) is 3.40. The lowest BCUT2D eigenvalue weighted by Gasteiger charge is -2.26. The van der Waals surface area contributed by atoms with Gasteiger partial charge in [-0.25, -0.2) is 0 Å². The maximum absolute atomic E-state index is 5.81. The number of rotatable bonds is 10. The minimum atomic E-state index is -2.46. The molecule has 0 aliphatic rings. The minimum absolute atomic E-state index is 0.538. The van der Waals surface area contributed by atoms with Gasteiger partial charge in [-0.15, -0.1) is 0 Å². The topological polar surface area (TPSA) is 57.0 Å². The molecule has 2 N–H and O–H groups in total. The van der Waals surface area contributed by atoms with Crippen molar-refractivity contribution in [3.05, 3.63) is 35.9 Å². The van der Waals surface area contributed by atoms with Crippen LogP contribution in [0.3, 0.4) is 0 Å². The summed E-state index contributed by atoms with van der Waals surface area (Å²) in [6, 6.07) is 11.1. The van der Waals surface area contributed by atoms with Gasteiger partial charge in [-0.2, -0.15) is 0 Å². The summed E-state index contributed by atoms with van der Waals surface area (Å²) >= 11 is 0. The standard InChI is InChI=1S/C14H26N2O3Si/c1-17-20(18-2,19-3)11-7-10-16(13-15)12-14-8-5-4-6-9-14/h4-6,8-9H,7,10-13,15H2,1-3H3. The van der Waals surface area contributed by atoms with E-state index in [0.717, 1.165) is 25.6 Å². The molecule has 0 aromatic heterocycles. The molecular weight excluding hydrogens is 272 g/mol. The highest BCUT2D eigenvalue weighted by molar-refractivity contribution is 6.60. The van der Waals surface area contributed by atoms with Crippen molar-refractivity contribution in [3.8, 4) is 0 Å². The van der Waals surface area contributed by atoms with Crippen molar-refractivity contribution < 1.29 is 13.3 Å². The van der Waals surface area contributed by atoms with Gasteiger partial charge in [-0.05, 0) is 18.5 Å². The van der Waals surface area contributed by atoms with Crippen LogP contribution in [0.15, 0.2) is 30.3 Å². The predicted octanol–water partition coefficient (Wildman–Crippen LogP) is 1.67. The van der Waals surface area contributed by atoms with Crippen molar-refractivity contribution in [2.45, 2.75) is 19.0 Å². The highest BCUT2D eigenvalue weighted by atomic mass is 28.4. The number of benzene rings is 1. The normalized spacial score (nSPS) is 12.1. The van der Waals surface area contributed by atoms with Crippen LogP contribution in [0.25, 0.3) is 0 Å². The SMILES string of the molecule is CO[Si](CCCN(CN)Cc1ccccc1)(OC)OC. The summed E-state index contributed by atoms with van der Waals surface area (Å²) in [5.41, 5.74) is 7.08. The maximum atomic E-state index is 5.81. The Labute approximate surface area is 123 Å². The summed E-state index contributed by atoms with van der Waals surface area (Å²) in [7, 11) is 2.47. The fourth-order valence-corrected chi connectivity index (χ4v) is 3.86. The zero-order chi connectivity index (χ0) is 14.8. The Hall–Kier alpha value is -0.763. The molecular formula is C14H26N2O3Si. The first-order valence-corrected chi connectivity index (χ1v) is 8.74. The highest BCUT2D eigenvalue weighted by Crippen LogP contribution is 2.15. The molecule has 5 nitrogen and oxygen atoms in total. The van der Waals surface area contributed by atoms with E-state index >= 15 is 0 Å². The fourth-order valence-electron chi connectivity index (χ4n) is 2.15. The molecule has 0 saturated carbocycles. The van der Waals surface area contributed by atoms with Crippen molar-refractivity contribution in [2.24, 2.45) is 5.73 Å². The summed E-state index contributed by atoms with van der Waals surface area (Å²) in [6.45, 7) is 2.30. The van der Waals surface area contributed by atoms with Gasteiger partial charge in [-0.3, -0.25) is 4.90 Å². The molecule has 0 atom stereocenters. The molecule has 0 heterocycles. The maximum Gasteiger partial charge on any atom is 0.500 e. The molecule has 0 aliphatic heterocycles. The zero-order valence-corrected chi connectivity index (χ0v) is 13.7. The summed E-state index contributed by atoms with van der Waals surface area (Å²) in [4.78, 5) is 2.20. The Balaban J connectivity index is 2.42. The third-order valence-corrected chi connectivity index (χ3v) is 6.23. The van der Waals surface area contributed by atoms with Crippen molar-refractivity contribution >= 4 is 8.80 Å². The molecule has 0 bridgehead atoms. The molecule has 0 amide bonds. The van der Waals surface area contributed by atoms with Crippen molar-refractivity contribution in [3.63, 3.8) is 0 Å². The fraction of sp³-hybridized carbons (Fsp3) is 0.571. The van der Waals surface area contributed by atoms with Crippen LogP contribution in [0.2, 0.25) is 6.04 Å². The van der Waals surface area contributed by atoms with Gasteiger partial charge in [0.05, 0.1) is 0 Å². The Morgan fingerprint density at radius 2 is 1.65 bits per heavy atom. The van der Waals surface area contributed by atoms with Crippen LogP contribution in [0.5, 0.6) is 0 Å². The minimum Gasteiger partial charge on any atom is -0.377 e. The van der Waals surface area contributed by atoms with Gasteiger partial charge in [0.25, 0.3) is 0 Å². The number of hydrogen-bond acceptors (Lipinski definition) is 5. The molecule has 1 rings (SSSR count). The molecule has 0 unspecified atom stereocenters. The molecule has 20 heavy (non-hydrogen) atoms. The van der Waals surface area contributed by atoms with Gasteiger partial charge in [0, 0.05) is 40.6 Å². The van der Waals surface area contributed by atoms with Gasteiger partial charge < -0.3 is 19.0 Å². The van der Waals surface area contributed by atoms with Crippen LogP contribution >= 0.6 is 0 Å². The molecule has 1 aromatic carbocycles. The molecule has 6 heteroatoms. The van der Waals surface area contributed by atoms with E-state index in [4.69, 9.17) is 19.0 Å². The van der Waals surface area contributed by atoms with E-state index in [1.807, 2.05) is 18.2 Å². The lowest BCUT2D eigenvalue weighted by Crippen LogP contribution is -2.43. The van der Waals surface area contributed by atoms with Gasteiger partial charge in [0.1, 0.15) is 0 Å². The van der Waals surface area contributed by atoms with E-state index in [-0.39, 0.29) is 0 Å². The average molecular weight is 298 g/mol. The first-order chi connectivity index (χ1) is 9.69. The van der Waals surface area contributed by atoms with Crippen LogP contribution in [0, 0.1) is 0 Å². The predicted molar refractivity (Wildman–Crippen MR) is 82.1 cm³/mol. The third kappa shape index (κ3) is 5.32. The largest absolute Gasteiger partial charge is 0.500 e. The molecule has 0 spiro atoms. The van der Waals surface area contributed by atoms with Crippen LogP contribution in [-0.4, -0.2) is 48.2 Å². The van der Waals surface area contributed by atoms with Gasteiger partial charge in [0.2, 0.25) is 0 Å². The number of nitrogens with two attached hydrogens (primary N) is 1. The Bertz CT molecular complexity index is 352. The van der Waals surface area contributed by atoms with Crippen LogP contribution < -0.4 is 5.73 Å². The smallest absolute Gasteiger partial charge is 0.377 e. The van der Waals surface area contributed by atoms with E-state index in [1.54, 1.807) is 21.3 Å². The van der Waals surface area contributed by atoms with Gasteiger partial charge >= 0.3 is 8.80 Å². The second-order valence-electron chi connectivity index (χ2n) is 4.62. The van der Waals surface area contributed by atoms with E-state index in [0.29, 0.717) is 6.67 Å². The van der Waals surface area contributed by atoms with Crippen LogP contribution in [0.1, 0.15) is 12.0 Å². The second-order valence-corrected chi connectivity index (χ2v) is 7.71. The lowest BCUT2D eigenvalue weighted by molar-refractivity contribution is 0.121. The van der Waals surface area contributed by atoms with Crippen LogP contribution in [0.4, 0.5) is 0 Å². The lowest BCUT2D eigenvalue weighted by atomic mass is 10.2. The summed E-state index contributed by atoms with van der Waals surface area (Å²) in [5.74, 6) is 0. The number of hydrogen-bond donors (Lipinski definition) is 1. The van der Waals surface area contributed by atoms with Crippen molar-refractivity contribution in [1.29, 1.82) is 0 Å². The zero-order valence-electron chi connectivity index (χ0n) is 12.7.